The van der Waals surface area contributed by atoms with Gasteiger partial charge in [0.2, 0.25) is 0 Å². The fourth-order valence-electron chi connectivity index (χ4n) is 1.88. The average Bonchev–Trinajstić information content (AvgIpc) is 2.40. The molecule has 106 valence electrons. The Morgan fingerprint density at radius 3 is 2.35 bits per heavy atom. The van der Waals surface area contributed by atoms with Gasteiger partial charge in [-0.15, -0.1) is 0 Å². The minimum Gasteiger partial charge on any atom is -0.166 e. The Balaban J connectivity index is 2.58. The van der Waals surface area contributed by atoms with Crippen LogP contribution >= 0.6 is 39.1 Å². The van der Waals surface area contributed by atoms with Gasteiger partial charge in [-0.25, -0.2) is 0 Å². The maximum Gasteiger partial charge on any atom is 0.416 e. The predicted molar refractivity (Wildman–Crippen MR) is 79.5 cm³/mol. The zero-order valence-electron chi connectivity index (χ0n) is 9.94. The Bertz CT molecular complexity index is 639. The molecule has 2 aromatic rings. The van der Waals surface area contributed by atoms with Crippen molar-refractivity contribution in [2.24, 2.45) is 0 Å². The SMILES string of the molecule is FC(F)(F)c1ccc(-c2cccc(Cl)c2Cl)cc1CBr. The molecule has 2 aromatic carbocycles. The first-order chi connectivity index (χ1) is 9.34. The molecular weight excluding hydrogens is 376 g/mol. The van der Waals surface area contributed by atoms with Gasteiger partial charge in [0, 0.05) is 10.9 Å². The number of alkyl halides is 4. The van der Waals surface area contributed by atoms with Gasteiger partial charge in [-0.2, -0.15) is 13.2 Å². The lowest BCUT2D eigenvalue weighted by atomic mass is 9.99. The van der Waals surface area contributed by atoms with Crippen molar-refractivity contribution in [1.82, 2.24) is 0 Å². The van der Waals surface area contributed by atoms with Crippen molar-refractivity contribution < 1.29 is 13.2 Å². The van der Waals surface area contributed by atoms with Crippen molar-refractivity contribution in [3.63, 3.8) is 0 Å². The van der Waals surface area contributed by atoms with Gasteiger partial charge in [0.05, 0.1) is 15.6 Å². The van der Waals surface area contributed by atoms with Crippen LogP contribution in [-0.4, -0.2) is 0 Å². The molecule has 0 aromatic heterocycles. The smallest absolute Gasteiger partial charge is 0.166 e. The summed E-state index contributed by atoms with van der Waals surface area (Å²) in [5.74, 6) is 0. The molecule has 2 rings (SSSR count). The highest BCUT2D eigenvalue weighted by molar-refractivity contribution is 9.08. The molecule has 0 aliphatic heterocycles. The van der Waals surface area contributed by atoms with Gasteiger partial charge in [0.15, 0.2) is 0 Å². The average molecular weight is 384 g/mol. The Kier molecular flexibility index (Phi) is 4.67. The highest BCUT2D eigenvalue weighted by atomic mass is 79.9. The van der Waals surface area contributed by atoms with Crippen LogP contribution in [0.3, 0.4) is 0 Å². The van der Waals surface area contributed by atoms with Crippen LogP contribution in [0.25, 0.3) is 11.1 Å². The normalized spacial score (nSPS) is 11.7. The van der Waals surface area contributed by atoms with Crippen LogP contribution in [0.5, 0.6) is 0 Å². The lowest BCUT2D eigenvalue weighted by Gasteiger charge is -2.14. The van der Waals surface area contributed by atoms with Crippen molar-refractivity contribution in [1.29, 1.82) is 0 Å². The van der Waals surface area contributed by atoms with E-state index in [2.05, 4.69) is 15.9 Å². The topological polar surface area (TPSA) is 0 Å². The molecule has 0 nitrogen and oxygen atoms in total. The maximum absolute atomic E-state index is 12.8. The quantitative estimate of drug-likeness (QED) is 0.514. The second-order valence-corrected chi connectivity index (χ2v) is 5.45. The number of hydrogen-bond donors (Lipinski definition) is 0. The van der Waals surface area contributed by atoms with Gasteiger partial charge in [0.25, 0.3) is 0 Å². The number of benzene rings is 2. The number of halogens is 6. The summed E-state index contributed by atoms with van der Waals surface area (Å²) < 4.78 is 38.5. The van der Waals surface area contributed by atoms with Crippen LogP contribution in [0.4, 0.5) is 13.2 Å². The summed E-state index contributed by atoms with van der Waals surface area (Å²) >= 11 is 15.1. The van der Waals surface area contributed by atoms with Gasteiger partial charge in [-0.05, 0) is 29.3 Å². The zero-order valence-corrected chi connectivity index (χ0v) is 13.0. The summed E-state index contributed by atoms with van der Waals surface area (Å²) in [6, 6.07) is 8.97. The monoisotopic (exact) mass is 382 g/mol. The summed E-state index contributed by atoms with van der Waals surface area (Å²) in [6.45, 7) is 0. The molecule has 0 amide bonds. The van der Waals surface area contributed by atoms with Crippen LogP contribution < -0.4 is 0 Å². The van der Waals surface area contributed by atoms with Crippen molar-refractivity contribution >= 4 is 39.1 Å². The van der Waals surface area contributed by atoms with E-state index in [1.54, 1.807) is 18.2 Å². The molecule has 0 spiro atoms. The van der Waals surface area contributed by atoms with Crippen molar-refractivity contribution in [2.75, 3.05) is 0 Å². The van der Waals surface area contributed by atoms with Gasteiger partial charge < -0.3 is 0 Å². The molecule has 0 N–H and O–H groups in total. The molecular formula is C14H8BrCl2F3. The number of rotatable bonds is 2. The molecule has 0 unspecified atom stereocenters. The van der Waals surface area contributed by atoms with E-state index >= 15 is 0 Å². The summed E-state index contributed by atoms with van der Waals surface area (Å²) in [4.78, 5) is 0. The number of hydrogen-bond acceptors (Lipinski definition) is 0. The van der Waals surface area contributed by atoms with E-state index in [-0.39, 0.29) is 10.9 Å². The molecule has 0 fully saturated rings. The van der Waals surface area contributed by atoms with Crippen LogP contribution in [0.1, 0.15) is 11.1 Å². The first kappa shape index (κ1) is 15.7. The standard InChI is InChI=1S/C14H8BrCl2F3/c15-7-9-6-8(4-5-11(9)14(18,19)20)10-2-1-3-12(16)13(10)17/h1-6H,7H2. The summed E-state index contributed by atoms with van der Waals surface area (Å²) in [5, 5.41) is 0.798. The molecule has 0 bridgehead atoms. The van der Waals surface area contributed by atoms with Crippen molar-refractivity contribution in [2.45, 2.75) is 11.5 Å². The molecule has 0 saturated carbocycles. The van der Waals surface area contributed by atoms with E-state index in [4.69, 9.17) is 23.2 Å². The molecule has 0 aliphatic rings. The molecule has 0 saturated heterocycles. The van der Waals surface area contributed by atoms with E-state index in [1.807, 2.05) is 0 Å². The van der Waals surface area contributed by atoms with Gasteiger partial charge in [-0.3, -0.25) is 0 Å². The third kappa shape index (κ3) is 3.13. The fourth-order valence-corrected chi connectivity index (χ4v) is 2.75. The second kappa shape index (κ2) is 5.96. The van der Waals surface area contributed by atoms with Crippen LogP contribution in [0.2, 0.25) is 10.0 Å². The second-order valence-electron chi connectivity index (χ2n) is 4.10. The van der Waals surface area contributed by atoms with Crippen LogP contribution in [0.15, 0.2) is 36.4 Å². The van der Waals surface area contributed by atoms with Crippen LogP contribution in [0, 0.1) is 0 Å². The first-order valence-electron chi connectivity index (χ1n) is 5.55. The Labute approximate surface area is 132 Å². The Hall–Kier alpha value is -0.710. The highest BCUT2D eigenvalue weighted by Crippen LogP contribution is 2.38. The minimum absolute atomic E-state index is 0.105. The molecule has 0 heterocycles. The first-order valence-corrected chi connectivity index (χ1v) is 7.43. The lowest BCUT2D eigenvalue weighted by molar-refractivity contribution is -0.138. The molecule has 0 radical (unpaired) electrons. The van der Waals surface area contributed by atoms with E-state index < -0.39 is 11.7 Å². The van der Waals surface area contributed by atoms with E-state index in [9.17, 15) is 13.2 Å². The minimum atomic E-state index is -4.38. The summed E-state index contributed by atoms with van der Waals surface area (Å²) in [5.41, 5.74) is 0.706. The van der Waals surface area contributed by atoms with E-state index in [0.29, 0.717) is 21.2 Å². The largest absolute Gasteiger partial charge is 0.416 e. The predicted octanol–water partition coefficient (Wildman–Crippen LogP) is 6.57. The fraction of sp³-hybridized carbons (Fsp3) is 0.143. The Morgan fingerprint density at radius 1 is 1.05 bits per heavy atom. The Morgan fingerprint density at radius 2 is 1.75 bits per heavy atom. The van der Waals surface area contributed by atoms with Gasteiger partial charge in [-0.1, -0.05) is 57.3 Å². The highest BCUT2D eigenvalue weighted by Gasteiger charge is 2.33. The van der Waals surface area contributed by atoms with Crippen molar-refractivity contribution in [3.8, 4) is 11.1 Å². The lowest BCUT2D eigenvalue weighted by Crippen LogP contribution is -2.08. The third-order valence-electron chi connectivity index (χ3n) is 2.82. The summed E-state index contributed by atoms with van der Waals surface area (Å²) in [6.07, 6.45) is -4.38. The van der Waals surface area contributed by atoms with Gasteiger partial charge in [0.1, 0.15) is 0 Å². The van der Waals surface area contributed by atoms with E-state index in [1.165, 1.54) is 12.1 Å². The molecule has 6 heteroatoms. The summed E-state index contributed by atoms with van der Waals surface area (Å²) in [7, 11) is 0. The van der Waals surface area contributed by atoms with Crippen LogP contribution in [-0.2, 0) is 11.5 Å². The third-order valence-corrected chi connectivity index (χ3v) is 4.24. The van der Waals surface area contributed by atoms with Crippen molar-refractivity contribution in [3.05, 3.63) is 57.6 Å². The molecule has 0 atom stereocenters. The van der Waals surface area contributed by atoms with E-state index in [0.717, 1.165) is 6.07 Å². The molecule has 20 heavy (non-hydrogen) atoms. The molecule has 0 aliphatic carbocycles. The maximum atomic E-state index is 12.8. The van der Waals surface area contributed by atoms with Gasteiger partial charge >= 0.3 is 6.18 Å². The zero-order chi connectivity index (χ0) is 14.9.